The molecule has 0 unspecified atom stereocenters. The first kappa shape index (κ1) is 25.4. The molecule has 1 N–H and O–H groups in total. The minimum absolute atomic E-state index is 0.0597. The first-order valence-corrected chi connectivity index (χ1v) is 11.9. The van der Waals surface area contributed by atoms with E-state index in [1.54, 1.807) is 0 Å². The summed E-state index contributed by atoms with van der Waals surface area (Å²) < 4.78 is 5.95. The molecule has 1 saturated carbocycles. The van der Waals surface area contributed by atoms with E-state index < -0.39 is 0 Å². The van der Waals surface area contributed by atoms with Crippen LogP contribution in [0, 0.1) is 0 Å². The molecule has 0 amide bonds. The van der Waals surface area contributed by atoms with Gasteiger partial charge in [-0.2, -0.15) is 0 Å². The van der Waals surface area contributed by atoms with E-state index >= 15 is 0 Å². The third kappa shape index (κ3) is 12.7. The van der Waals surface area contributed by atoms with Gasteiger partial charge in [-0.3, -0.25) is 0 Å². The van der Waals surface area contributed by atoms with Crippen LogP contribution in [0.3, 0.4) is 0 Å². The smallest absolute Gasteiger partial charge is 0.0835 e. The van der Waals surface area contributed by atoms with Gasteiger partial charge in [-0.05, 0) is 65.5 Å². The van der Waals surface area contributed by atoms with Gasteiger partial charge in [-0.25, -0.2) is 0 Å². The standard InChI is InChI=1S/C25H47NO2/c1-4-5-6-7-8-9-10-11-12-13-14-15-16-17-18-21-28-25-20-19-23(26(2)3)22-24(25)27/h7-8,10-11,23-25,27H,4-6,9,12-22H2,1-3H3/b8-7-,11-10-/t23-,24+,25-/m1/s1. The van der Waals surface area contributed by atoms with E-state index in [1.165, 1.54) is 57.8 Å². The van der Waals surface area contributed by atoms with Crippen LogP contribution >= 0.6 is 0 Å². The molecule has 0 spiro atoms. The molecule has 0 bridgehead atoms. The summed E-state index contributed by atoms with van der Waals surface area (Å²) in [6, 6.07) is 0.506. The van der Waals surface area contributed by atoms with Crippen LogP contribution in [0.25, 0.3) is 0 Å². The van der Waals surface area contributed by atoms with E-state index in [0.717, 1.165) is 38.7 Å². The Morgan fingerprint density at radius 1 is 0.857 bits per heavy atom. The van der Waals surface area contributed by atoms with E-state index in [4.69, 9.17) is 4.74 Å². The van der Waals surface area contributed by atoms with E-state index in [9.17, 15) is 5.11 Å². The molecule has 0 saturated heterocycles. The third-order valence-electron chi connectivity index (χ3n) is 5.88. The van der Waals surface area contributed by atoms with Crippen molar-refractivity contribution in [2.45, 2.75) is 115 Å². The van der Waals surface area contributed by atoms with Gasteiger partial charge in [-0.15, -0.1) is 0 Å². The number of aliphatic hydroxyl groups is 1. The Balaban J connectivity index is 1.86. The second-order valence-corrected chi connectivity index (χ2v) is 8.64. The molecule has 3 atom stereocenters. The first-order chi connectivity index (χ1) is 13.6. The summed E-state index contributed by atoms with van der Waals surface area (Å²) in [5, 5.41) is 10.3. The van der Waals surface area contributed by atoms with Gasteiger partial charge in [0.15, 0.2) is 0 Å². The van der Waals surface area contributed by atoms with Crippen molar-refractivity contribution in [2.75, 3.05) is 20.7 Å². The topological polar surface area (TPSA) is 32.7 Å². The van der Waals surface area contributed by atoms with Crippen molar-refractivity contribution in [3.05, 3.63) is 24.3 Å². The number of hydrogen-bond donors (Lipinski definition) is 1. The average Bonchev–Trinajstić information content (AvgIpc) is 2.68. The van der Waals surface area contributed by atoms with Gasteiger partial charge in [0, 0.05) is 12.6 Å². The van der Waals surface area contributed by atoms with Crippen molar-refractivity contribution in [1.82, 2.24) is 4.90 Å². The third-order valence-corrected chi connectivity index (χ3v) is 5.88. The summed E-state index contributed by atoms with van der Waals surface area (Å²) in [4.78, 5) is 2.22. The number of ether oxygens (including phenoxy) is 1. The van der Waals surface area contributed by atoms with Crippen LogP contribution in [-0.4, -0.2) is 49.0 Å². The van der Waals surface area contributed by atoms with Gasteiger partial charge in [-0.1, -0.05) is 69.8 Å². The van der Waals surface area contributed by atoms with Crippen LogP contribution < -0.4 is 0 Å². The first-order valence-electron chi connectivity index (χ1n) is 11.9. The summed E-state index contributed by atoms with van der Waals surface area (Å²) in [5.41, 5.74) is 0. The van der Waals surface area contributed by atoms with Crippen LogP contribution in [0.15, 0.2) is 24.3 Å². The van der Waals surface area contributed by atoms with Crippen molar-refractivity contribution in [3.8, 4) is 0 Å². The zero-order valence-corrected chi connectivity index (χ0v) is 19.0. The monoisotopic (exact) mass is 393 g/mol. The lowest BCUT2D eigenvalue weighted by Crippen LogP contribution is -2.43. The van der Waals surface area contributed by atoms with E-state index in [1.807, 2.05) is 0 Å². The summed E-state index contributed by atoms with van der Waals surface area (Å²) >= 11 is 0. The van der Waals surface area contributed by atoms with Crippen LogP contribution in [0.2, 0.25) is 0 Å². The van der Waals surface area contributed by atoms with Crippen LogP contribution in [0.4, 0.5) is 0 Å². The molecule has 28 heavy (non-hydrogen) atoms. The number of unbranched alkanes of at least 4 members (excludes halogenated alkanes) is 8. The highest BCUT2D eigenvalue weighted by Gasteiger charge is 2.30. The molecule has 1 rings (SSSR count). The van der Waals surface area contributed by atoms with Gasteiger partial charge < -0.3 is 14.7 Å². The van der Waals surface area contributed by atoms with Crippen molar-refractivity contribution in [1.29, 1.82) is 0 Å². The minimum Gasteiger partial charge on any atom is -0.390 e. The molecule has 0 aliphatic heterocycles. The van der Waals surface area contributed by atoms with Crippen molar-refractivity contribution >= 4 is 0 Å². The normalized spacial score (nSPS) is 23.4. The minimum atomic E-state index is -0.291. The number of rotatable bonds is 16. The summed E-state index contributed by atoms with van der Waals surface area (Å²) in [6.07, 6.45) is 25.8. The Labute approximate surface area is 175 Å². The highest BCUT2D eigenvalue weighted by molar-refractivity contribution is 4.92. The second kappa shape index (κ2) is 17.2. The van der Waals surface area contributed by atoms with Crippen LogP contribution in [0.1, 0.15) is 96.8 Å². The van der Waals surface area contributed by atoms with Crippen molar-refractivity contribution < 1.29 is 9.84 Å². The molecule has 3 heteroatoms. The predicted octanol–water partition coefficient (Wildman–Crippen LogP) is 6.27. The van der Waals surface area contributed by atoms with E-state index in [0.29, 0.717) is 6.04 Å². The average molecular weight is 394 g/mol. The molecular weight excluding hydrogens is 346 g/mol. The Hall–Kier alpha value is -0.640. The summed E-state index contributed by atoms with van der Waals surface area (Å²) in [5.74, 6) is 0. The van der Waals surface area contributed by atoms with Gasteiger partial charge in [0.1, 0.15) is 0 Å². The maximum atomic E-state index is 10.3. The van der Waals surface area contributed by atoms with Crippen LogP contribution in [-0.2, 0) is 4.74 Å². The lowest BCUT2D eigenvalue weighted by atomic mass is 9.90. The maximum absolute atomic E-state index is 10.3. The predicted molar refractivity (Wildman–Crippen MR) is 122 cm³/mol. The fourth-order valence-electron chi connectivity index (χ4n) is 3.90. The van der Waals surface area contributed by atoms with E-state index in [2.05, 4.69) is 50.2 Å². The lowest BCUT2D eigenvalue weighted by Gasteiger charge is -2.36. The van der Waals surface area contributed by atoms with Gasteiger partial charge in [0.05, 0.1) is 12.2 Å². The van der Waals surface area contributed by atoms with Gasteiger partial charge >= 0.3 is 0 Å². The molecule has 0 aromatic rings. The Morgan fingerprint density at radius 3 is 2.14 bits per heavy atom. The molecule has 1 aliphatic rings. The molecule has 0 aromatic carbocycles. The number of allylic oxidation sites excluding steroid dienone is 4. The van der Waals surface area contributed by atoms with Crippen molar-refractivity contribution in [3.63, 3.8) is 0 Å². The van der Waals surface area contributed by atoms with Crippen molar-refractivity contribution in [2.24, 2.45) is 0 Å². The second-order valence-electron chi connectivity index (χ2n) is 8.64. The maximum Gasteiger partial charge on any atom is 0.0835 e. The Kier molecular flexibility index (Phi) is 15.6. The fraction of sp³-hybridized carbons (Fsp3) is 0.840. The lowest BCUT2D eigenvalue weighted by molar-refractivity contribution is -0.0738. The zero-order chi connectivity index (χ0) is 20.5. The summed E-state index contributed by atoms with van der Waals surface area (Å²) in [7, 11) is 4.20. The molecule has 0 aromatic heterocycles. The fourth-order valence-corrected chi connectivity index (χ4v) is 3.90. The highest BCUT2D eigenvalue weighted by atomic mass is 16.5. The highest BCUT2D eigenvalue weighted by Crippen LogP contribution is 2.24. The zero-order valence-electron chi connectivity index (χ0n) is 19.0. The quantitative estimate of drug-likeness (QED) is 0.248. The molecule has 0 radical (unpaired) electrons. The molecule has 164 valence electrons. The van der Waals surface area contributed by atoms with E-state index in [-0.39, 0.29) is 12.2 Å². The number of aliphatic hydroxyl groups excluding tert-OH is 1. The largest absolute Gasteiger partial charge is 0.390 e. The molecule has 3 nitrogen and oxygen atoms in total. The number of hydrogen-bond acceptors (Lipinski definition) is 3. The Morgan fingerprint density at radius 2 is 1.50 bits per heavy atom. The molecular formula is C25H47NO2. The molecule has 0 heterocycles. The molecule has 1 fully saturated rings. The molecule has 1 aliphatic carbocycles. The Bertz CT molecular complexity index is 405. The van der Waals surface area contributed by atoms with Gasteiger partial charge in [0.25, 0.3) is 0 Å². The number of nitrogens with zero attached hydrogens (tertiary/aromatic N) is 1. The van der Waals surface area contributed by atoms with Gasteiger partial charge in [0.2, 0.25) is 0 Å². The SMILES string of the molecule is CCCC/C=C\C/C=C\CCCCCCCCO[C@@H]1CC[C@@H](N(C)C)C[C@@H]1O. The van der Waals surface area contributed by atoms with Crippen LogP contribution in [0.5, 0.6) is 0 Å². The summed E-state index contributed by atoms with van der Waals surface area (Å²) in [6.45, 7) is 3.05.